The number of hydrogen-bond acceptors (Lipinski definition) is 6. The molecular weight excluding hydrogens is 367 g/mol. The first-order valence-corrected chi connectivity index (χ1v) is 9.30. The van der Waals surface area contributed by atoms with Crippen molar-refractivity contribution in [2.24, 2.45) is 5.84 Å². The van der Waals surface area contributed by atoms with E-state index in [9.17, 15) is 9.18 Å². The van der Waals surface area contributed by atoms with Crippen LogP contribution in [-0.4, -0.2) is 33.1 Å². The van der Waals surface area contributed by atoms with E-state index in [1.54, 1.807) is 13.0 Å². The average molecular weight is 388 g/mol. The largest absolute Gasteiger partial charge is 0.465 e. The molecule has 0 atom stereocenters. The standard InChI is InChI=1S/C19H21FN4O2S/c1-3-26-19(25)12-24(21)27-16-7-4-14(5-8-16)11-23-13(2)22-17-10-15(20)6-9-18(17)23/h4-10H,3,11-12,21H2,1-2H3. The van der Waals surface area contributed by atoms with Crippen molar-refractivity contribution < 1.29 is 13.9 Å². The van der Waals surface area contributed by atoms with E-state index in [1.165, 1.54) is 28.5 Å². The minimum Gasteiger partial charge on any atom is -0.465 e. The Labute approximate surface area is 161 Å². The fourth-order valence-corrected chi connectivity index (χ4v) is 3.46. The fraction of sp³-hybridized carbons (Fsp3) is 0.263. The molecule has 0 unspecified atom stereocenters. The lowest BCUT2D eigenvalue weighted by atomic mass is 10.2. The monoisotopic (exact) mass is 388 g/mol. The van der Waals surface area contributed by atoms with E-state index in [0.29, 0.717) is 18.7 Å². The second-order valence-corrected chi connectivity index (χ2v) is 7.12. The van der Waals surface area contributed by atoms with Crippen molar-refractivity contribution >= 4 is 29.0 Å². The number of benzene rings is 2. The second kappa shape index (κ2) is 8.51. The molecule has 0 fully saturated rings. The number of aryl methyl sites for hydroxylation is 1. The molecule has 2 N–H and O–H groups in total. The zero-order valence-corrected chi connectivity index (χ0v) is 16.0. The van der Waals surface area contributed by atoms with Crippen LogP contribution in [0.4, 0.5) is 4.39 Å². The second-order valence-electron chi connectivity index (χ2n) is 5.99. The minimum atomic E-state index is -0.358. The summed E-state index contributed by atoms with van der Waals surface area (Å²) in [5, 5.41) is 0. The van der Waals surface area contributed by atoms with Crippen LogP contribution in [0.2, 0.25) is 0 Å². The van der Waals surface area contributed by atoms with Gasteiger partial charge in [0, 0.05) is 17.5 Å². The summed E-state index contributed by atoms with van der Waals surface area (Å²) in [6.07, 6.45) is 0. The molecule has 0 aliphatic carbocycles. The molecule has 0 aliphatic heterocycles. The number of carbonyl (C=O) groups is 1. The number of hydrazine groups is 1. The van der Waals surface area contributed by atoms with E-state index in [-0.39, 0.29) is 18.3 Å². The number of esters is 1. The molecule has 1 aromatic heterocycles. The molecule has 2 aromatic carbocycles. The normalized spacial score (nSPS) is 11.3. The third-order valence-electron chi connectivity index (χ3n) is 3.98. The van der Waals surface area contributed by atoms with Gasteiger partial charge >= 0.3 is 5.97 Å². The summed E-state index contributed by atoms with van der Waals surface area (Å²) in [7, 11) is 0. The van der Waals surface area contributed by atoms with Crippen molar-refractivity contribution in [2.75, 3.05) is 13.2 Å². The zero-order valence-electron chi connectivity index (χ0n) is 15.2. The van der Waals surface area contributed by atoms with Crippen LogP contribution < -0.4 is 5.84 Å². The summed E-state index contributed by atoms with van der Waals surface area (Å²) in [6, 6.07) is 12.5. The van der Waals surface area contributed by atoms with Crippen molar-refractivity contribution in [1.29, 1.82) is 0 Å². The molecule has 142 valence electrons. The van der Waals surface area contributed by atoms with Gasteiger partial charge in [0.15, 0.2) is 0 Å². The van der Waals surface area contributed by atoms with Crippen molar-refractivity contribution in [3.63, 3.8) is 0 Å². The van der Waals surface area contributed by atoms with E-state index < -0.39 is 0 Å². The van der Waals surface area contributed by atoms with Gasteiger partial charge in [0.1, 0.15) is 18.2 Å². The summed E-state index contributed by atoms with van der Waals surface area (Å²) in [4.78, 5) is 16.8. The third-order valence-corrected chi connectivity index (χ3v) is 4.82. The van der Waals surface area contributed by atoms with E-state index >= 15 is 0 Å². The first kappa shape index (κ1) is 19.3. The van der Waals surface area contributed by atoms with Crippen molar-refractivity contribution in [2.45, 2.75) is 25.3 Å². The predicted molar refractivity (Wildman–Crippen MR) is 103 cm³/mol. The summed E-state index contributed by atoms with van der Waals surface area (Å²) in [6.45, 7) is 4.64. The molecule has 0 radical (unpaired) electrons. The highest BCUT2D eigenvalue weighted by molar-refractivity contribution is 7.97. The predicted octanol–water partition coefficient (Wildman–Crippen LogP) is 3.28. The van der Waals surface area contributed by atoms with Gasteiger partial charge in [0.25, 0.3) is 0 Å². The van der Waals surface area contributed by atoms with E-state index in [1.807, 2.05) is 35.8 Å². The molecule has 0 saturated carbocycles. The average Bonchev–Trinajstić information content (AvgIpc) is 2.91. The van der Waals surface area contributed by atoms with Gasteiger partial charge in [-0.2, -0.15) is 4.41 Å². The number of imidazole rings is 1. The molecule has 0 bridgehead atoms. The molecule has 0 spiro atoms. The number of rotatable bonds is 7. The maximum absolute atomic E-state index is 13.4. The summed E-state index contributed by atoms with van der Waals surface area (Å²) in [5.74, 6) is 6.01. The third kappa shape index (κ3) is 4.85. The van der Waals surface area contributed by atoms with Crippen LogP contribution in [-0.2, 0) is 16.1 Å². The Kier molecular flexibility index (Phi) is 6.10. The van der Waals surface area contributed by atoms with Gasteiger partial charge in [-0.1, -0.05) is 12.1 Å². The summed E-state index contributed by atoms with van der Waals surface area (Å²) < 4.78 is 21.6. The highest BCUT2D eigenvalue weighted by atomic mass is 32.2. The number of halogens is 1. The van der Waals surface area contributed by atoms with Crippen LogP contribution in [0.5, 0.6) is 0 Å². The molecule has 0 saturated heterocycles. The highest BCUT2D eigenvalue weighted by Crippen LogP contribution is 2.22. The van der Waals surface area contributed by atoms with Crippen molar-refractivity contribution in [3.05, 3.63) is 59.7 Å². The molecule has 1 heterocycles. The molecule has 0 aliphatic rings. The Morgan fingerprint density at radius 1 is 1.30 bits per heavy atom. The number of nitrogens with two attached hydrogens (primary N) is 1. The van der Waals surface area contributed by atoms with Crippen LogP contribution >= 0.6 is 11.9 Å². The highest BCUT2D eigenvalue weighted by Gasteiger charge is 2.11. The maximum atomic E-state index is 13.4. The van der Waals surface area contributed by atoms with Crippen LogP contribution in [0, 0.1) is 12.7 Å². The number of fused-ring (bicyclic) bond motifs is 1. The minimum absolute atomic E-state index is 0.0110. The Hall–Kier alpha value is -2.42. The number of nitrogens with zero attached hydrogens (tertiary/aromatic N) is 3. The first-order chi connectivity index (χ1) is 13.0. The fourth-order valence-electron chi connectivity index (χ4n) is 2.76. The Morgan fingerprint density at radius 2 is 2.04 bits per heavy atom. The molecule has 3 rings (SSSR count). The van der Waals surface area contributed by atoms with E-state index in [4.69, 9.17) is 10.6 Å². The summed E-state index contributed by atoms with van der Waals surface area (Å²) >= 11 is 1.27. The molecule has 0 amide bonds. The van der Waals surface area contributed by atoms with Gasteiger partial charge in [-0.3, -0.25) is 10.6 Å². The van der Waals surface area contributed by atoms with Crippen LogP contribution in [0.3, 0.4) is 0 Å². The first-order valence-electron chi connectivity index (χ1n) is 8.53. The smallest absolute Gasteiger partial charge is 0.322 e. The quantitative estimate of drug-likeness (QED) is 0.290. The Bertz CT molecular complexity index is 943. The number of ether oxygens (including phenoxy) is 1. The molecule has 3 aromatic rings. The topological polar surface area (TPSA) is 73.4 Å². The number of hydrogen-bond donors (Lipinski definition) is 1. The summed E-state index contributed by atoms with van der Waals surface area (Å²) in [5.41, 5.74) is 2.63. The van der Waals surface area contributed by atoms with Crippen molar-refractivity contribution in [1.82, 2.24) is 14.0 Å². The zero-order chi connectivity index (χ0) is 19.4. The van der Waals surface area contributed by atoms with Gasteiger partial charge in [0.05, 0.1) is 17.6 Å². The van der Waals surface area contributed by atoms with E-state index in [2.05, 4.69) is 4.98 Å². The lowest BCUT2D eigenvalue weighted by Crippen LogP contribution is -2.30. The van der Waals surface area contributed by atoms with Gasteiger partial charge in [-0.15, -0.1) is 0 Å². The Morgan fingerprint density at radius 3 is 2.74 bits per heavy atom. The maximum Gasteiger partial charge on any atom is 0.322 e. The number of carbonyl (C=O) groups excluding carboxylic acids is 1. The van der Waals surface area contributed by atoms with Crippen LogP contribution in [0.1, 0.15) is 18.3 Å². The molecular formula is C19H21FN4O2S. The van der Waals surface area contributed by atoms with Crippen LogP contribution in [0.25, 0.3) is 11.0 Å². The number of aromatic nitrogens is 2. The Balaban J connectivity index is 1.68. The lowest BCUT2D eigenvalue weighted by molar-refractivity contribution is -0.143. The lowest BCUT2D eigenvalue weighted by Gasteiger charge is -2.14. The molecule has 6 nitrogen and oxygen atoms in total. The van der Waals surface area contributed by atoms with Gasteiger partial charge in [-0.05, 0) is 55.6 Å². The van der Waals surface area contributed by atoms with Gasteiger partial charge in [0.2, 0.25) is 0 Å². The van der Waals surface area contributed by atoms with Gasteiger partial charge < -0.3 is 9.30 Å². The van der Waals surface area contributed by atoms with E-state index in [0.717, 1.165) is 21.8 Å². The molecule has 8 heteroatoms. The molecule has 27 heavy (non-hydrogen) atoms. The van der Waals surface area contributed by atoms with Gasteiger partial charge in [-0.25, -0.2) is 9.37 Å². The van der Waals surface area contributed by atoms with Crippen LogP contribution in [0.15, 0.2) is 47.4 Å². The van der Waals surface area contributed by atoms with Crippen molar-refractivity contribution in [3.8, 4) is 0 Å². The SMILES string of the molecule is CCOC(=O)CN(N)Sc1ccc(Cn2c(C)nc3cc(F)ccc32)cc1.